The molecule has 3 aromatic rings. The zero-order chi connectivity index (χ0) is 23.8. The van der Waals surface area contributed by atoms with Gasteiger partial charge in [-0.1, -0.05) is 95.7 Å². The normalized spacial score (nSPS) is 11.6. The second-order valence-electron chi connectivity index (χ2n) is 9.11. The second kappa shape index (κ2) is 11.8. The van der Waals surface area contributed by atoms with Crippen LogP contribution in [0.4, 0.5) is 0 Å². The molecule has 0 unspecified atom stereocenters. The molecule has 0 spiro atoms. The average molecular weight is 444 g/mol. The third kappa shape index (κ3) is 6.11. The Balaban J connectivity index is 2.15. The fourth-order valence-corrected chi connectivity index (χ4v) is 4.10. The summed E-state index contributed by atoms with van der Waals surface area (Å²) >= 11 is 0. The maximum absolute atomic E-state index is 10.5. The Hall–Kier alpha value is -2.91. The van der Waals surface area contributed by atoms with Gasteiger partial charge in [0.25, 0.3) is 0 Å². The van der Waals surface area contributed by atoms with Crippen LogP contribution in [-0.2, 0) is 13.2 Å². The van der Waals surface area contributed by atoms with E-state index in [1.807, 2.05) is 30.3 Å². The van der Waals surface area contributed by atoms with Gasteiger partial charge in [0, 0.05) is 16.8 Å². The molecule has 2 aromatic carbocycles. The quantitative estimate of drug-likeness (QED) is 0.346. The van der Waals surface area contributed by atoms with Gasteiger partial charge < -0.3 is 9.84 Å². The van der Waals surface area contributed by atoms with Crippen LogP contribution in [0.2, 0.25) is 0 Å². The first-order chi connectivity index (χ1) is 16.0. The van der Waals surface area contributed by atoms with Gasteiger partial charge in [-0.3, -0.25) is 4.98 Å². The maximum Gasteiger partial charge on any atom is 0.120 e. The molecule has 33 heavy (non-hydrogen) atoms. The smallest absolute Gasteiger partial charge is 0.120 e. The van der Waals surface area contributed by atoms with Gasteiger partial charge in [-0.2, -0.15) is 0 Å². The first-order valence-corrected chi connectivity index (χ1v) is 12.1. The van der Waals surface area contributed by atoms with Crippen molar-refractivity contribution in [3.63, 3.8) is 0 Å². The van der Waals surface area contributed by atoms with Crippen LogP contribution in [0.3, 0.4) is 0 Å². The van der Waals surface area contributed by atoms with E-state index >= 15 is 0 Å². The summed E-state index contributed by atoms with van der Waals surface area (Å²) in [6.45, 7) is 11.3. The molecule has 1 heterocycles. The number of benzene rings is 2. The van der Waals surface area contributed by atoms with E-state index in [1.54, 1.807) is 0 Å². The van der Waals surface area contributed by atoms with Crippen LogP contribution in [0.15, 0.2) is 60.7 Å². The summed E-state index contributed by atoms with van der Waals surface area (Å²) in [5.41, 5.74) is 7.31. The van der Waals surface area contributed by atoms with Gasteiger partial charge in [0.15, 0.2) is 0 Å². The van der Waals surface area contributed by atoms with E-state index in [0.717, 1.165) is 57.8 Å². The van der Waals surface area contributed by atoms with Crippen molar-refractivity contribution in [2.45, 2.75) is 72.5 Å². The van der Waals surface area contributed by atoms with E-state index in [2.05, 4.69) is 71.0 Å². The third-order valence-corrected chi connectivity index (χ3v) is 5.76. The van der Waals surface area contributed by atoms with Crippen LogP contribution >= 0.6 is 0 Å². The molecule has 0 radical (unpaired) electrons. The molecule has 0 atom stereocenters. The predicted octanol–water partition coefficient (Wildman–Crippen LogP) is 7.88. The standard InChI is InChI=1S/C30H37NO2/c1-6-7-9-17-26-28(27(19-32)30(22(4)5)31-29(26)21(2)3)24-15-12-16-25(18-24)33-20-23-13-10-8-11-14-23/h8-18,21-22,32H,6-7,19-20H2,1-5H3/b17-9+. The molecule has 0 saturated carbocycles. The van der Waals surface area contributed by atoms with Crippen LogP contribution in [0.1, 0.15) is 87.4 Å². The van der Waals surface area contributed by atoms with E-state index in [0.29, 0.717) is 6.61 Å². The average Bonchev–Trinajstić information content (AvgIpc) is 2.82. The lowest BCUT2D eigenvalue weighted by Crippen LogP contribution is -2.10. The van der Waals surface area contributed by atoms with Crippen LogP contribution in [-0.4, -0.2) is 10.1 Å². The zero-order valence-corrected chi connectivity index (χ0v) is 20.6. The van der Waals surface area contributed by atoms with Gasteiger partial charge in [0.05, 0.1) is 12.3 Å². The maximum atomic E-state index is 10.5. The molecule has 0 fully saturated rings. The van der Waals surface area contributed by atoms with Gasteiger partial charge >= 0.3 is 0 Å². The molecule has 0 aliphatic carbocycles. The van der Waals surface area contributed by atoms with Crippen molar-refractivity contribution in [1.82, 2.24) is 4.98 Å². The number of aliphatic hydroxyl groups is 1. The summed E-state index contributed by atoms with van der Waals surface area (Å²) in [7, 11) is 0. The highest BCUT2D eigenvalue weighted by molar-refractivity contribution is 5.81. The SMILES string of the molecule is CCC/C=C/c1c(C(C)C)nc(C(C)C)c(CO)c1-c1cccc(OCc2ccccc2)c1. The summed E-state index contributed by atoms with van der Waals surface area (Å²) in [4.78, 5) is 5.06. The van der Waals surface area contributed by atoms with Crippen LogP contribution in [0.5, 0.6) is 5.75 Å². The lowest BCUT2D eigenvalue weighted by atomic mass is 9.87. The largest absolute Gasteiger partial charge is 0.489 e. The Labute approximate surface area is 199 Å². The van der Waals surface area contributed by atoms with Crippen molar-refractivity contribution in [3.05, 3.63) is 88.8 Å². The van der Waals surface area contributed by atoms with Crippen molar-refractivity contribution < 1.29 is 9.84 Å². The number of hydrogen-bond donors (Lipinski definition) is 1. The lowest BCUT2D eigenvalue weighted by molar-refractivity contribution is 0.280. The van der Waals surface area contributed by atoms with E-state index in [9.17, 15) is 5.11 Å². The number of aliphatic hydroxyl groups excluding tert-OH is 1. The number of pyridine rings is 1. The summed E-state index contributed by atoms with van der Waals surface area (Å²) in [5, 5.41) is 10.5. The highest BCUT2D eigenvalue weighted by Crippen LogP contribution is 2.38. The molecule has 3 nitrogen and oxygen atoms in total. The summed E-state index contributed by atoms with van der Waals surface area (Å²) in [5.74, 6) is 1.31. The number of hydrogen-bond acceptors (Lipinski definition) is 3. The Morgan fingerprint density at radius 3 is 2.30 bits per heavy atom. The summed E-state index contributed by atoms with van der Waals surface area (Å²) in [6, 6.07) is 18.4. The molecule has 1 N–H and O–H groups in total. The summed E-state index contributed by atoms with van der Waals surface area (Å²) in [6.07, 6.45) is 6.52. The van der Waals surface area contributed by atoms with E-state index in [-0.39, 0.29) is 18.4 Å². The third-order valence-electron chi connectivity index (χ3n) is 5.76. The van der Waals surface area contributed by atoms with Gasteiger partial charge in [-0.05, 0) is 47.1 Å². The first-order valence-electron chi connectivity index (χ1n) is 12.1. The van der Waals surface area contributed by atoms with Gasteiger partial charge in [-0.15, -0.1) is 0 Å². The number of allylic oxidation sites excluding steroid dienone is 1. The Morgan fingerprint density at radius 2 is 1.67 bits per heavy atom. The number of aromatic nitrogens is 1. The molecule has 1 aromatic heterocycles. The molecular formula is C30H37NO2. The molecule has 0 aliphatic heterocycles. The lowest BCUT2D eigenvalue weighted by Gasteiger charge is -2.23. The Bertz CT molecular complexity index is 1070. The molecule has 0 aliphatic rings. The number of ether oxygens (including phenoxy) is 1. The highest BCUT2D eigenvalue weighted by Gasteiger charge is 2.22. The molecule has 0 saturated heterocycles. The molecule has 174 valence electrons. The van der Waals surface area contributed by atoms with E-state index in [1.165, 1.54) is 0 Å². The summed E-state index contributed by atoms with van der Waals surface area (Å²) < 4.78 is 6.13. The Morgan fingerprint density at radius 1 is 0.939 bits per heavy atom. The Kier molecular flexibility index (Phi) is 8.85. The van der Waals surface area contributed by atoms with Crippen molar-refractivity contribution in [2.24, 2.45) is 0 Å². The van der Waals surface area contributed by atoms with Crippen LogP contribution < -0.4 is 4.74 Å². The zero-order valence-electron chi connectivity index (χ0n) is 20.6. The molecule has 0 amide bonds. The van der Waals surface area contributed by atoms with Crippen molar-refractivity contribution in [3.8, 4) is 16.9 Å². The minimum atomic E-state index is -0.0437. The number of rotatable bonds is 10. The van der Waals surface area contributed by atoms with E-state index < -0.39 is 0 Å². The fourth-order valence-electron chi connectivity index (χ4n) is 4.10. The van der Waals surface area contributed by atoms with Crippen LogP contribution in [0, 0.1) is 0 Å². The topological polar surface area (TPSA) is 42.4 Å². The van der Waals surface area contributed by atoms with Crippen LogP contribution in [0.25, 0.3) is 17.2 Å². The van der Waals surface area contributed by atoms with Crippen molar-refractivity contribution >= 4 is 6.08 Å². The monoisotopic (exact) mass is 443 g/mol. The van der Waals surface area contributed by atoms with Gasteiger partial charge in [0.1, 0.15) is 12.4 Å². The predicted molar refractivity (Wildman–Crippen MR) is 138 cm³/mol. The molecule has 0 bridgehead atoms. The molecular weight excluding hydrogens is 406 g/mol. The minimum absolute atomic E-state index is 0.0437. The number of nitrogens with zero attached hydrogens (tertiary/aromatic N) is 1. The van der Waals surface area contributed by atoms with Crippen molar-refractivity contribution in [1.29, 1.82) is 0 Å². The fraction of sp³-hybridized carbons (Fsp3) is 0.367. The number of unbranched alkanes of at least 4 members (excludes halogenated alkanes) is 1. The second-order valence-corrected chi connectivity index (χ2v) is 9.11. The highest BCUT2D eigenvalue weighted by atomic mass is 16.5. The molecule has 3 heteroatoms. The van der Waals surface area contributed by atoms with Gasteiger partial charge in [-0.25, -0.2) is 0 Å². The van der Waals surface area contributed by atoms with Crippen molar-refractivity contribution in [2.75, 3.05) is 0 Å². The van der Waals surface area contributed by atoms with Gasteiger partial charge in [0.2, 0.25) is 0 Å². The minimum Gasteiger partial charge on any atom is -0.489 e. The molecule has 3 rings (SSSR count). The van der Waals surface area contributed by atoms with E-state index in [4.69, 9.17) is 9.72 Å². The first kappa shape index (κ1) is 24.7.